The van der Waals surface area contributed by atoms with Crippen LogP contribution in [0.25, 0.3) is 10.9 Å². The molecule has 0 amide bonds. The summed E-state index contributed by atoms with van der Waals surface area (Å²) in [5.74, 6) is -2.14. The quantitative estimate of drug-likeness (QED) is 0.561. The largest absolute Gasteiger partial charge is 0.477 e. The Bertz CT molecular complexity index is 1060. The van der Waals surface area contributed by atoms with Gasteiger partial charge in [-0.3, -0.25) is 4.79 Å². The number of pyridine rings is 1. The molecule has 3 N–H and O–H groups in total. The minimum Gasteiger partial charge on any atom is -0.477 e. The van der Waals surface area contributed by atoms with Crippen molar-refractivity contribution in [1.82, 2.24) is 4.57 Å². The number of hydrogen-bond acceptors (Lipinski definition) is 5. The van der Waals surface area contributed by atoms with Crippen molar-refractivity contribution < 1.29 is 24.5 Å². The number of carbonyl (C=O) groups is 1. The maximum Gasteiger partial charge on any atom is 0.341 e. The third-order valence-electron chi connectivity index (χ3n) is 6.72. The number of aromatic carboxylic acids is 1. The zero-order valence-electron chi connectivity index (χ0n) is 18.5. The highest BCUT2D eigenvalue weighted by atomic mass is 19.1. The van der Waals surface area contributed by atoms with Crippen LogP contribution in [0.2, 0.25) is 0 Å². The molecule has 7 nitrogen and oxygen atoms in total. The van der Waals surface area contributed by atoms with Gasteiger partial charge in [0.1, 0.15) is 11.4 Å². The SMILES string of the molecule is CCN(CC(C)(CO)C(C)CO)c1c(F)cc2c(=O)c(C(=O)O)cn(C3CC3)c2c1C. The van der Waals surface area contributed by atoms with Crippen LogP contribution in [0.15, 0.2) is 17.1 Å². The van der Waals surface area contributed by atoms with Gasteiger partial charge >= 0.3 is 5.97 Å². The van der Waals surface area contributed by atoms with Gasteiger partial charge in [0.15, 0.2) is 0 Å². The number of carboxylic acids is 1. The zero-order chi connectivity index (χ0) is 23.1. The highest BCUT2D eigenvalue weighted by molar-refractivity contribution is 5.95. The predicted molar refractivity (Wildman–Crippen MR) is 117 cm³/mol. The summed E-state index contributed by atoms with van der Waals surface area (Å²) in [6, 6.07) is 1.23. The number of anilines is 1. The summed E-state index contributed by atoms with van der Waals surface area (Å²) in [5, 5.41) is 29.1. The summed E-state index contributed by atoms with van der Waals surface area (Å²) in [6.07, 6.45) is 3.12. The molecule has 0 aliphatic heterocycles. The minimum absolute atomic E-state index is 0.0650. The molecule has 2 atom stereocenters. The van der Waals surface area contributed by atoms with Gasteiger partial charge in [0.25, 0.3) is 0 Å². The summed E-state index contributed by atoms with van der Waals surface area (Å²) in [4.78, 5) is 26.2. The first-order valence-corrected chi connectivity index (χ1v) is 10.7. The molecular formula is C23H31FN2O5. The maximum absolute atomic E-state index is 15.4. The molecule has 1 aliphatic carbocycles. The van der Waals surface area contributed by atoms with E-state index in [1.165, 1.54) is 6.20 Å². The predicted octanol–water partition coefficient (Wildman–Crippen LogP) is 2.94. The van der Waals surface area contributed by atoms with E-state index in [4.69, 9.17) is 0 Å². The second-order valence-corrected chi connectivity index (χ2v) is 8.95. The third-order valence-corrected chi connectivity index (χ3v) is 6.72. The Morgan fingerprint density at radius 3 is 2.52 bits per heavy atom. The number of halogens is 1. The highest BCUT2D eigenvalue weighted by Crippen LogP contribution is 2.40. The van der Waals surface area contributed by atoms with Crippen molar-refractivity contribution in [1.29, 1.82) is 0 Å². The number of fused-ring (bicyclic) bond motifs is 1. The average molecular weight is 435 g/mol. The van der Waals surface area contributed by atoms with Crippen molar-refractivity contribution in [3.8, 4) is 0 Å². The molecule has 1 fully saturated rings. The van der Waals surface area contributed by atoms with E-state index in [0.717, 1.165) is 18.9 Å². The number of aryl methyl sites for hydroxylation is 1. The van der Waals surface area contributed by atoms with E-state index < -0.39 is 22.6 Å². The molecule has 1 heterocycles. The topological polar surface area (TPSA) is 103 Å². The van der Waals surface area contributed by atoms with Gasteiger partial charge < -0.3 is 24.8 Å². The van der Waals surface area contributed by atoms with Gasteiger partial charge in [0.2, 0.25) is 5.43 Å². The molecular weight excluding hydrogens is 403 g/mol. The Morgan fingerprint density at radius 2 is 2.03 bits per heavy atom. The van der Waals surface area contributed by atoms with E-state index in [1.54, 1.807) is 11.5 Å². The van der Waals surface area contributed by atoms with Crippen LogP contribution in [-0.2, 0) is 0 Å². The average Bonchev–Trinajstić information content (AvgIpc) is 3.57. The molecule has 2 unspecified atom stereocenters. The van der Waals surface area contributed by atoms with Gasteiger partial charge in [-0.15, -0.1) is 0 Å². The molecule has 170 valence electrons. The van der Waals surface area contributed by atoms with E-state index >= 15 is 4.39 Å². The lowest BCUT2D eigenvalue weighted by atomic mass is 9.78. The highest BCUT2D eigenvalue weighted by Gasteiger charge is 2.34. The lowest BCUT2D eigenvalue weighted by Gasteiger charge is -2.39. The van der Waals surface area contributed by atoms with Crippen LogP contribution in [0.5, 0.6) is 0 Å². The van der Waals surface area contributed by atoms with Crippen molar-refractivity contribution >= 4 is 22.6 Å². The first-order valence-electron chi connectivity index (χ1n) is 10.7. The van der Waals surface area contributed by atoms with Crippen LogP contribution in [0, 0.1) is 24.1 Å². The third kappa shape index (κ3) is 4.06. The monoisotopic (exact) mass is 434 g/mol. The smallest absolute Gasteiger partial charge is 0.341 e. The zero-order valence-corrected chi connectivity index (χ0v) is 18.5. The van der Waals surface area contributed by atoms with Gasteiger partial charge in [-0.2, -0.15) is 0 Å². The second kappa shape index (κ2) is 8.59. The normalized spacial score (nSPS) is 16.9. The van der Waals surface area contributed by atoms with Crippen LogP contribution in [0.3, 0.4) is 0 Å². The molecule has 1 aromatic carbocycles. The second-order valence-electron chi connectivity index (χ2n) is 8.95. The first kappa shape index (κ1) is 23.2. The number of rotatable bonds is 9. The first-order chi connectivity index (χ1) is 14.6. The molecule has 0 radical (unpaired) electrons. The van der Waals surface area contributed by atoms with E-state index in [9.17, 15) is 24.9 Å². The summed E-state index contributed by atoms with van der Waals surface area (Å²) in [6.45, 7) is 7.81. The van der Waals surface area contributed by atoms with Crippen molar-refractivity contribution in [2.45, 2.75) is 46.6 Å². The fourth-order valence-electron chi connectivity index (χ4n) is 4.22. The Kier molecular flexibility index (Phi) is 6.43. The van der Waals surface area contributed by atoms with Gasteiger partial charge in [0.05, 0.1) is 17.8 Å². The Balaban J connectivity index is 2.24. The molecule has 1 aliphatic rings. The number of benzene rings is 1. The van der Waals surface area contributed by atoms with Crippen molar-refractivity contribution in [2.75, 3.05) is 31.2 Å². The standard InChI is InChI=1S/C23H31FN2O5/c1-5-25(11-23(4,12-28)13(2)10-27)20-14(3)19-16(8-18(20)24)21(29)17(22(30)31)9-26(19)15-6-7-15/h8-9,13,15,27-28H,5-7,10-12H2,1-4H3,(H,30,31). The van der Waals surface area contributed by atoms with Crippen LogP contribution < -0.4 is 10.3 Å². The minimum atomic E-state index is -1.32. The summed E-state index contributed by atoms with van der Waals surface area (Å²) in [7, 11) is 0. The van der Waals surface area contributed by atoms with Crippen molar-refractivity contribution in [3.63, 3.8) is 0 Å². The van der Waals surface area contributed by atoms with Gasteiger partial charge in [-0.1, -0.05) is 13.8 Å². The van der Waals surface area contributed by atoms with E-state index in [-0.39, 0.29) is 36.1 Å². The number of aliphatic hydroxyl groups is 2. The maximum atomic E-state index is 15.4. The number of aliphatic hydroxyl groups excluding tert-OH is 2. The summed E-state index contributed by atoms with van der Waals surface area (Å²) < 4.78 is 17.2. The number of nitrogens with zero attached hydrogens (tertiary/aromatic N) is 2. The van der Waals surface area contributed by atoms with Crippen LogP contribution in [0.4, 0.5) is 10.1 Å². The molecule has 31 heavy (non-hydrogen) atoms. The van der Waals surface area contributed by atoms with E-state index in [2.05, 4.69) is 0 Å². The van der Waals surface area contributed by atoms with Crippen molar-refractivity contribution in [2.24, 2.45) is 11.3 Å². The van der Waals surface area contributed by atoms with Crippen LogP contribution in [-0.4, -0.2) is 52.2 Å². The molecule has 1 saturated carbocycles. The summed E-state index contributed by atoms with van der Waals surface area (Å²) in [5.41, 5.74) is -0.269. The molecule has 0 spiro atoms. The van der Waals surface area contributed by atoms with E-state index in [1.807, 2.05) is 25.7 Å². The molecule has 0 saturated heterocycles. The molecule has 8 heteroatoms. The Hall–Kier alpha value is -2.45. The number of aromatic nitrogens is 1. The number of carboxylic acid groups (broad SMARTS) is 1. The van der Waals surface area contributed by atoms with Crippen molar-refractivity contribution in [3.05, 3.63) is 39.4 Å². The van der Waals surface area contributed by atoms with Gasteiger partial charge in [-0.05, 0) is 44.2 Å². The Morgan fingerprint density at radius 1 is 1.39 bits per heavy atom. The van der Waals surface area contributed by atoms with Crippen LogP contribution in [0.1, 0.15) is 55.6 Å². The fraction of sp³-hybridized carbons (Fsp3) is 0.565. The van der Waals surface area contributed by atoms with Gasteiger partial charge in [0, 0.05) is 42.7 Å². The molecule has 3 rings (SSSR count). The van der Waals surface area contributed by atoms with Gasteiger partial charge in [-0.25, -0.2) is 9.18 Å². The lowest BCUT2D eigenvalue weighted by Crippen LogP contribution is -2.44. The van der Waals surface area contributed by atoms with E-state index in [0.29, 0.717) is 29.9 Å². The van der Waals surface area contributed by atoms with Crippen LogP contribution >= 0.6 is 0 Å². The Labute approximate surface area is 180 Å². The fourth-order valence-corrected chi connectivity index (χ4v) is 4.22. The molecule has 1 aromatic heterocycles. The summed E-state index contributed by atoms with van der Waals surface area (Å²) >= 11 is 0. The molecule has 0 bridgehead atoms. The number of hydrogen-bond donors (Lipinski definition) is 3. The lowest BCUT2D eigenvalue weighted by molar-refractivity contribution is 0.0567. The molecule has 2 aromatic rings.